The smallest absolute Gasteiger partial charge is 0.223 e. The lowest BCUT2D eigenvalue weighted by Gasteiger charge is -2.39. The first kappa shape index (κ1) is 17.7. The van der Waals surface area contributed by atoms with Gasteiger partial charge in [0.25, 0.3) is 0 Å². The summed E-state index contributed by atoms with van der Waals surface area (Å²) < 4.78 is 0. The number of rotatable bonds is 5. The number of nitrogens with zero attached hydrogens (tertiary/aromatic N) is 1. The molecule has 2 heterocycles. The fourth-order valence-corrected chi connectivity index (χ4v) is 5.13. The third kappa shape index (κ3) is 3.30. The highest BCUT2D eigenvalue weighted by Gasteiger charge is 2.44. The number of para-hydroxylation sites is 1. The van der Waals surface area contributed by atoms with Crippen LogP contribution in [0.1, 0.15) is 36.3 Å². The van der Waals surface area contributed by atoms with Gasteiger partial charge >= 0.3 is 0 Å². The highest BCUT2D eigenvalue weighted by molar-refractivity contribution is 5.82. The molecule has 2 N–H and O–H groups in total. The number of likely N-dealkylation sites (tertiary alicyclic amines) is 1. The van der Waals surface area contributed by atoms with Crippen molar-refractivity contribution in [3.05, 3.63) is 65.7 Å². The molecule has 3 aliphatic rings. The quantitative estimate of drug-likeness (QED) is 0.842. The highest BCUT2D eigenvalue weighted by Crippen LogP contribution is 2.47. The second kappa shape index (κ2) is 7.25. The number of carbonyl (C=O) groups is 1. The summed E-state index contributed by atoms with van der Waals surface area (Å²) in [5.74, 6) is 0.829. The van der Waals surface area contributed by atoms with Crippen LogP contribution >= 0.6 is 0 Å². The maximum Gasteiger partial charge on any atom is 0.223 e. The van der Waals surface area contributed by atoms with Gasteiger partial charge in [0.15, 0.2) is 0 Å². The molecule has 2 aliphatic heterocycles. The molecule has 0 bridgehead atoms. The fourth-order valence-electron chi connectivity index (χ4n) is 5.13. The van der Waals surface area contributed by atoms with Crippen molar-refractivity contribution in [1.82, 2.24) is 10.2 Å². The third-order valence-electron chi connectivity index (χ3n) is 7.01. The maximum atomic E-state index is 12.4. The van der Waals surface area contributed by atoms with Gasteiger partial charge in [-0.1, -0.05) is 48.5 Å². The van der Waals surface area contributed by atoms with Crippen LogP contribution in [0, 0.1) is 5.92 Å². The van der Waals surface area contributed by atoms with Gasteiger partial charge in [-0.3, -0.25) is 4.79 Å². The second-order valence-electron chi connectivity index (χ2n) is 8.67. The molecule has 28 heavy (non-hydrogen) atoms. The molecule has 2 aromatic rings. The normalized spacial score (nSPS) is 25.1. The van der Waals surface area contributed by atoms with Crippen molar-refractivity contribution >= 4 is 11.6 Å². The summed E-state index contributed by atoms with van der Waals surface area (Å²) in [6, 6.07) is 19.2. The Morgan fingerprint density at radius 2 is 1.82 bits per heavy atom. The van der Waals surface area contributed by atoms with Crippen LogP contribution in [0.2, 0.25) is 0 Å². The first-order valence-electron chi connectivity index (χ1n) is 10.6. The van der Waals surface area contributed by atoms with Crippen molar-refractivity contribution in [1.29, 1.82) is 0 Å². The van der Waals surface area contributed by atoms with E-state index in [0.29, 0.717) is 11.3 Å². The Kier molecular flexibility index (Phi) is 4.59. The molecule has 2 atom stereocenters. The summed E-state index contributed by atoms with van der Waals surface area (Å²) >= 11 is 0. The van der Waals surface area contributed by atoms with Gasteiger partial charge in [-0.15, -0.1) is 0 Å². The van der Waals surface area contributed by atoms with E-state index < -0.39 is 0 Å². The molecule has 1 spiro atoms. The lowest BCUT2D eigenvalue weighted by Crippen LogP contribution is -2.46. The van der Waals surface area contributed by atoms with E-state index in [9.17, 15) is 4.79 Å². The number of anilines is 1. The predicted octanol–water partition coefficient (Wildman–Crippen LogP) is 3.37. The van der Waals surface area contributed by atoms with Crippen molar-refractivity contribution in [2.45, 2.75) is 30.6 Å². The van der Waals surface area contributed by atoms with Crippen LogP contribution in [0.15, 0.2) is 54.6 Å². The standard InChI is InChI=1S/C24H29N3O/c28-23(20-16-19(20)18-6-2-1-3-7-18)25-12-15-27-13-10-24(11-14-27)17-26-22-9-5-4-8-21(22)24/h1-9,19-20,26H,10-17H2,(H,25,28). The molecule has 1 amide bonds. The van der Waals surface area contributed by atoms with Gasteiger partial charge in [0.1, 0.15) is 0 Å². The molecule has 0 aromatic heterocycles. The van der Waals surface area contributed by atoms with Gasteiger partial charge in [0, 0.05) is 36.7 Å². The molecule has 1 saturated heterocycles. The van der Waals surface area contributed by atoms with Crippen molar-refractivity contribution in [2.24, 2.45) is 5.92 Å². The monoisotopic (exact) mass is 375 g/mol. The summed E-state index contributed by atoms with van der Waals surface area (Å²) in [7, 11) is 0. The molecule has 1 aliphatic carbocycles. The van der Waals surface area contributed by atoms with Crippen molar-refractivity contribution in [3.8, 4) is 0 Å². The summed E-state index contributed by atoms with van der Waals surface area (Å²) in [4.78, 5) is 14.9. The summed E-state index contributed by atoms with van der Waals surface area (Å²) in [6.45, 7) is 5.02. The molecular weight excluding hydrogens is 346 g/mol. The largest absolute Gasteiger partial charge is 0.384 e. The predicted molar refractivity (Wildman–Crippen MR) is 113 cm³/mol. The van der Waals surface area contributed by atoms with Crippen LogP contribution in [-0.4, -0.2) is 43.5 Å². The van der Waals surface area contributed by atoms with Crippen LogP contribution in [-0.2, 0) is 10.2 Å². The van der Waals surface area contributed by atoms with Gasteiger partial charge in [-0.05, 0) is 55.5 Å². The molecule has 1 saturated carbocycles. The Labute approximate surface area is 167 Å². The molecule has 2 aromatic carbocycles. The van der Waals surface area contributed by atoms with Crippen LogP contribution in [0.25, 0.3) is 0 Å². The Hall–Kier alpha value is -2.33. The zero-order valence-corrected chi connectivity index (χ0v) is 16.4. The van der Waals surface area contributed by atoms with E-state index in [1.165, 1.54) is 29.7 Å². The number of benzene rings is 2. The average Bonchev–Trinajstić information content (AvgIpc) is 3.48. The van der Waals surface area contributed by atoms with Crippen molar-refractivity contribution in [3.63, 3.8) is 0 Å². The SMILES string of the molecule is O=C(NCCN1CCC2(CC1)CNc1ccccc12)C1CC1c1ccccc1. The molecule has 146 valence electrons. The topological polar surface area (TPSA) is 44.4 Å². The van der Waals surface area contributed by atoms with E-state index in [2.05, 4.69) is 64.1 Å². The number of fused-ring (bicyclic) bond motifs is 2. The lowest BCUT2D eigenvalue weighted by atomic mass is 9.74. The number of hydrogen-bond donors (Lipinski definition) is 2. The van der Waals surface area contributed by atoms with Crippen molar-refractivity contribution < 1.29 is 4.79 Å². The number of amides is 1. The zero-order chi connectivity index (χ0) is 19.0. The van der Waals surface area contributed by atoms with Crippen LogP contribution in [0.4, 0.5) is 5.69 Å². The minimum Gasteiger partial charge on any atom is -0.384 e. The lowest BCUT2D eigenvalue weighted by molar-refractivity contribution is -0.122. The maximum absolute atomic E-state index is 12.4. The summed E-state index contributed by atoms with van der Waals surface area (Å²) in [5.41, 5.74) is 4.44. The first-order chi connectivity index (χ1) is 13.8. The first-order valence-corrected chi connectivity index (χ1v) is 10.6. The van der Waals surface area contributed by atoms with E-state index in [1.807, 2.05) is 6.07 Å². The number of nitrogens with one attached hydrogen (secondary N) is 2. The summed E-state index contributed by atoms with van der Waals surface area (Å²) in [5, 5.41) is 6.77. The van der Waals surface area contributed by atoms with E-state index in [1.54, 1.807) is 0 Å². The Balaban J connectivity index is 1.07. The number of piperidine rings is 1. The molecular formula is C24H29N3O. The Morgan fingerprint density at radius 3 is 2.64 bits per heavy atom. The molecule has 2 unspecified atom stereocenters. The van der Waals surface area contributed by atoms with E-state index in [-0.39, 0.29) is 11.8 Å². The van der Waals surface area contributed by atoms with Crippen LogP contribution < -0.4 is 10.6 Å². The second-order valence-corrected chi connectivity index (χ2v) is 8.67. The fraction of sp³-hybridized carbons (Fsp3) is 0.458. The molecule has 5 rings (SSSR count). The molecule has 4 heteroatoms. The van der Waals surface area contributed by atoms with Gasteiger partial charge in [0.05, 0.1) is 0 Å². The minimum atomic E-state index is 0.174. The third-order valence-corrected chi connectivity index (χ3v) is 7.01. The molecule has 4 nitrogen and oxygen atoms in total. The zero-order valence-electron chi connectivity index (χ0n) is 16.4. The van der Waals surface area contributed by atoms with Gasteiger partial charge in [-0.2, -0.15) is 0 Å². The van der Waals surface area contributed by atoms with Crippen LogP contribution in [0.5, 0.6) is 0 Å². The van der Waals surface area contributed by atoms with Gasteiger partial charge in [-0.25, -0.2) is 0 Å². The number of carbonyl (C=O) groups excluding carboxylic acids is 1. The number of hydrogen-bond acceptors (Lipinski definition) is 3. The van der Waals surface area contributed by atoms with Crippen molar-refractivity contribution in [2.75, 3.05) is 38.0 Å². The average molecular weight is 376 g/mol. The molecule has 2 fully saturated rings. The molecule has 0 radical (unpaired) electrons. The van der Waals surface area contributed by atoms with E-state index >= 15 is 0 Å². The van der Waals surface area contributed by atoms with E-state index in [0.717, 1.165) is 39.1 Å². The minimum absolute atomic E-state index is 0.174. The highest BCUT2D eigenvalue weighted by atomic mass is 16.2. The Bertz CT molecular complexity index is 842. The Morgan fingerprint density at radius 1 is 1.07 bits per heavy atom. The van der Waals surface area contributed by atoms with Gasteiger partial charge in [0.2, 0.25) is 5.91 Å². The van der Waals surface area contributed by atoms with Gasteiger partial charge < -0.3 is 15.5 Å². The van der Waals surface area contributed by atoms with E-state index in [4.69, 9.17) is 0 Å². The summed E-state index contributed by atoms with van der Waals surface area (Å²) in [6.07, 6.45) is 3.39. The van der Waals surface area contributed by atoms with Crippen LogP contribution in [0.3, 0.4) is 0 Å².